The number of amides is 3. The highest BCUT2D eigenvalue weighted by molar-refractivity contribution is 5.96. The quantitative estimate of drug-likeness (QED) is 0.716. The molecular formula is C22H27N3O3. The summed E-state index contributed by atoms with van der Waals surface area (Å²) in [5, 5.41) is 8.51. The molecule has 0 aliphatic rings. The van der Waals surface area contributed by atoms with Crippen LogP contribution in [0.2, 0.25) is 0 Å². The zero-order valence-electron chi connectivity index (χ0n) is 16.7. The van der Waals surface area contributed by atoms with Crippen molar-refractivity contribution in [3.63, 3.8) is 0 Å². The van der Waals surface area contributed by atoms with Gasteiger partial charge in [0.25, 0.3) is 5.91 Å². The number of hydrogen-bond acceptors (Lipinski definition) is 3. The van der Waals surface area contributed by atoms with Crippen LogP contribution in [0.15, 0.2) is 54.6 Å². The second-order valence-corrected chi connectivity index (χ2v) is 7.70. The standard InChI is InChI=1S/C22H27N3O3/c1-15(26)23-19(16-8-6-5-7-9-16)14-20(27)24-18-12-10-17(11-13-18)21(28)25-22(2,3)4/h5-13,19H,14H2,1-4H3,(H,23,26)(H,24,27)(H,25,28). The topological polar surface area (TPSA) is 87.3 Å². The minimum Gasteiger partial charge on any atom is -0.349 e. The molecule has 1 unspecified atom stereocenters. The first-order valence-corrected chi connectivity index (χ1v) is 9.18. The van der Waals surface area contributed by atoms with E-state index < -0.39 is 6.04 Å². The van der Waals surface area contributed by atoms with Gasteiger partial charge in [0.2, 0.25) is 11.8 Å². The molecule has 0 heterocycles. The zero-order valence-corrected chi connectivity index (χ0v) is 16.7. The maximum atomic E-state index is 12.4. The molecule has 2 rings (SSSR count). The lowest BCUT2D eigenvalue weighted by molar-refractivity contribution is -0.120. The lowest BCUT2D eigenvalue weighted by Gasteiger charge is -2.20. The van der Waals surface area contributed by atoms with Crippen LogP contribution < -0.4 is 16.0 Å². The summed E-state index contributed by atoms with van der Waals surface area (Å²) in [6, 6.07) is 15.6. The predicted molar refractivity (Wildman–Crippen MR) is 110 cm³/mol. The molecular weight excluding hydrogens is 354 g/mol. The van der Waals surface area contributed by atoms with E-state index in [1.807, 2.05) is 51.1 Å². The lowest BCUT2D eigenvalue weighted by Crippen LogP contribution is -2.40. The van der Waals surface area contributed by atoms with E-state index in [1.165, 1.54) is 6.92 Å². The summed E-state index contributed by atoms with van der Waals surface area (Å²) in [5.41, 5.74) is 1.66. The molecule has 6 heteroatoms. The number of anilines is 1. The summed E-state index contributed by atoms with van der Waals surface area (Å²) < 4.78 is 0. The van der Waals surface area contributed by atoms with Crippen LogP contribution in [0.5, 0.6) is 0 Å². The molecule has 3 N–H and O–H groups in total. The van der Waals surface area contributed by atoms with Gasteiger partial charge in [0.15, 0.2) is 0 Å². The minimum absolute atomic E-state index is 0.107. The van der Waals surface area contributed by atoms with E-state index in [0.29, 0.717) is 11.3 Å². The lowest BCUT2D eigenvalue weighted by atomic mass is 10.0. The molecule has 0 bridgehead atoms. The zero-order chi connectivity index (χ0) is 20.7. The number of carbonyl (C=O) groups is 3. The highest BCUT2D eigenvalue weighted by atomic mass is 16.2. The Balaban J connectivity index is 2.01. The maximum absolute atomic E-state index is 12.4. The van der Waals surface area contributed by atoms with E-state index >= 15 is 0 Å². The van der Waals surface area contributed by atoms with Gasteiger partial charge in [-0.2, -0.15) is 0 Å². The molecule has 0 radical (unpaired) electrons. The van der Waals surface area contributed by atoms with Crippen LogP contribution in [0.4, 0.5) is 5.69 Å². The average Bonchev–Trinajstić information content (AvgIpc) is 2.60. The second-order valence-electron chi connectivity index (χ2n) is 7.70. The summed E-state index contributed by atoms with van der Waals surface area (Å²) in [5.74, 6) is -0.592. The molecule has 1 atom stereocenters. The second kappa shape index (κ2) is 9.17. The van der Waals surface area contributed by atoms with E-state index in [-0.39, 0.29) is 29.7 Å². The van der Waals surface area contributed by atoms with Crippen LogP contribution in [0.1, 0.15) is 56.1 Å². The normalized spacial score (nSPS) is 12.0. The molecule has 6 nitrogen and oxygen atoms in total. The molecule has 2 aromatic rings. The van der Waals surface area contributed by atoms with Crippen molar-refractivity contribution in [3.8, 4) is 0 Å². The summed E-state index contributed by atoms with van der Waals surface area (Å²) in [4.78, 5) is 36.1. The molecule has 0 saturated carbocycles. The first kappa shape index (κ1) is 21.2. The fourth-order valence-corrected chi connectivity index (χ4v) is 2.70. The van der Waals surface area contributed by atoms with Gasteiger partial charge in [-0.1, -0.05) is 30.3 Å². The minimum atomic E-state index is -0.407. The van der Waals surface area contributed by atoms with Crippen molar-refractivity contribution in [1.29, 1.82) is 0 Å². The van der Waals surface area contributed by atoms with Crippen molar-refractivity contribution in [2.24, 2.45) is 0 Å². The highest BCUT2D eigenvalue weighted by Crippen LogP contribution is 2.18. The van der Waals surface area contributed by atoms with E-state index in [0.717, 1.165) is 5.56 Å². The maximum Gasteiger partial charge on any atom is 0.251 e. The van der Waals surface area contributed by atoms with Crippen molar-refractivity contribution in [2.75, 3.05) is 5.32 Å². The third-order valence-electron chi connectivity index (χ3n) is 3.89. The van der Waals surface area contributed by atoms with Crippen LogP contribution in [0, 0.1) is 0 Å². The third kappa shape index (κ3) is 6.87. The smallest absolute Gasteiger partial charge is 0.251 e. The number of benzene rings is 2. The number of nitrogens with one attached hydrogen (secondary N) is 3. The van der Waals surface area contributed by atoms with Gasteiger partial charge in [-0.25, -0.2) is 0 Å². The summed E-state index contributed by atoms with van der Waals surface area (Å²) in [6.45, 7) is 7.17. The molecule has 0 saturated heterocycles. The van der Waals surface area contributed by atoms with Crippen LogP contribution in [0.25, 0.3) is 0 Å². The van der Waals surface area contributed by atoms with E-state index in [4.69, 9.17) is 0 Å². The Bertz CT molecular complexity index is 824. The summed E-state index contributed by atoms with van der Waals surface area (Å²) >= 11 is 0. The van der Waals surface area contributed by atoms with Crippen molar-refractivity contribution in [1.82, 2.24) is 10.6 Å². The SMILES string of the molecule is CC(=O)NC(CC(=O)Nc1ccc(C(=O)NC(C)(C)C)cc1)c1ccccc1. The van der Waals surface area contributed by atoms with Crippen LogP contribution in [0.3, 0.4) is 0 Å². The van der Waals surface area contributed by atoms with Crippen molar-refractivity contribution in [2.45, 2.75) is 45.7 Å². The van der Waals surface area contributed by atoms with Crippen LogP contribution >= 0.6 is 0 Å². The molecule has 0 aliphatic carbocycles. The molecule has 0 fully saturated rings. The molecule has 3 amide bonds. The van der Waals surface area contributed by atoms with Crippen LogP contribution in [-0.2, 0) is 9.59 Å². The Morgan fingerprint density at radius 3 is 2.07 bits per heavy atom. The first-order chi connectivity index (χ1) is 13.1. The van der Waals surface area contributed by atoms with Gasteiger partial charge < -0.3 is 16.0 Å². The largest absolute Gasteiger partial charge is 0.349 e. The van der Waals surface area contributed by atoms with E-state index in [2.05, 4.69) is 16.0 Å². The van der Waals surface area contributed by atoms with E-state index in [9.17, 15) is 14.4 Å². The van der Waals surface area contributed by atoms with Crippen molar-refractivity contribution >= 4 is 23.4 Å². The summed E-state index contributed by atoms with van der Waals surface area (Å²) in [7, 11) is 0. The average molecular weight is 381 g/mol. The fraction of sp³-hybridized carbons (Fsp3) is 0.318. The molecule has 0 aromatic heterocycles. The molecule has 148 valence electrons. The highest BCUT2D eigenvalue weighted by Gasteiger charge is 2.18. The monoisotopic (exact) mass is 381 g/mol. The third-order valence-corrected chi connectivity index (χ3v) is 3.89. The Hall–Kier alpha value is -3.15. The van der Waals surface area contributed by atoms with E-state index in [1.54, 1.807) is 24.3 Å². The number of rotatable bonds is 6. The first-order valence-electron chi connectivity index (χ1n) is 9.18. The predicted octanol–water partition coefficient (Wildman–Crippen LogP) is 3.42. The molecule has 2 aromatic carbocycles. The summed E-state index contributed by atoms with van der Waals surface area (Å²) in [6.07, 6.45) is 0.107. The fourth-order valence-electron chi connectivity index (χ4n) is 2.70. The Labute approximate surface area is 165 Å². The van der Waals surface area contributed by atoms with Gasteiger partial charge in [-0.15, -0.1) is 0 Å². The van der Waals surface area contributed by atoms with Crippen LogP contribution in [-0.4, -0.2) is 23.3 Å². The Morgan fingerprint density at radius 2 is 1.54 bits per heavy atom. The van der Waals surface area contributed by atoms with Gasteiger partial charge in [0, 0.05) is 23.7 Å². The van der Waals surface area contributed by atoms with Crippen molar-refractivity contribution < 1.29 is 14.4 Å². The molecule has 0 aliphatic heterocycles. The van der Waals surface area contributed by atoms with Gasteiger partial charge >= 0.3 is 0 Å². The van der Waals surface area contributed by atoms with Crippen molar-refractivity contribution in [3.05, 3.63) is 65.7 Å². The number of carbonyl (C=O) groups excluding carboxylic acids is 3. The van der Waals surface area contributed by atoms with Gasteiger partial charge in [0.05, 0.1) is 12.5 Å². The van der Waals surface area contributed by atoms with Gasteiger partial charge in [-0.05, 0) is 50.6 Å². The molecule has 0 spiro atoms. The van der Waals surface area contributed by atoms with Gasteiger partial charge in [-0.3, -0.25) is 14.4 Å². The van der Waals surface area contributed by atoms with Gasteiger partial charge in [0.1, 0.15) is 0 Å². The molecule has 28 heavy (non-hydrogen) atoms. The Morgan fingerprint density at radius 1 is 0.929 bits per heavy atom. The number of hydrogen-bond donors (Lipinski definition) is 3. The Kier molecular flexibility index (Phi) is 6.93.